The minimum absolute atomic E-state index is 0.297. The molecule has 1 aliphatic heterocycles. The van der Waals surface area contributed by atoms with Gasteiger partial charge in [0.25, 0.3) is 5.91 Å². The van der Waals surface area contributed by atoms with Gasteiger partial charge < -0.3 is 10.1 Å². The number of amides is 1. The number of rotatable bonds is 2. The summed E-state index contributed by atoms with van der Waals surface area (Å²) in [5.41, 5.74) is 1.36. The highest BCUT2D eigenvalue weighted by Crippen LogP contribution is 2.27. The van der Waals surface area contributed by atoms with Crippen LogP contribution in [-0.4, -0.2) is 18.0 Å². The molecule has 5 heteroatoms. The fraction of sp³-hybridized carbons (Fsp3) is 0.250. The average Bonchev–Trinajstić information content (AvgIpc) is 2.33. The highest BCUT2D eigenvalue weighted by atomic mass is 16.6. The molecule has 1 aromatic carbocycles. The molecule has 1 aliphatic rings. The van der Waals surface area contributed by atoms with Crippen LogP contribution in [0.5, 0.6) is 0 Å². The number of benzene rings is 1. The minimum atomic E-state index is -0.763. The smallest absolute Gasteiger partial charge is 0.303 e. The molecule has 1 aromatic rings. The molecule has 0 unspecified atom stereocenters. The first-order valence-electron chi connectivity index (χ1n) is 5.09. The molecule has 1 fully saturated rings. The van der Waals surface area contributed by atoms with Crippen molar-refractivity contribution >= 4 is 11.9 Å². The van der Waals surface area contributed by atoms with Crippen molar-refractivity contribution in [2.75, 3.05) is 0 Å². The van der Waals surface area contributed by atoms with Crippen LogP contribution in [0.3, 0.4) is 0 Å². The van der Waals surface area contributed by atoms with Gasteiger partial charge in [-0.25, -0.2) is 0 Å². The Morgan fingerprint density at radius 2 is 2.06 bits per heavy atom. The van der Waals surface area contributed by atoms with Gasteiger partial charge in [-0.3, -0.25) is 9.59 Å². The SMILES string of the molecule is CC(=O)O[C@@H]1C(=O)N[C@@H]1c1ccc(C#N)cc1. The van der Waals surface area contributed by atoms with Crippen molar-refractivity contribution in [2.24, 2.45) is 0 Å². The van der Waals surface area contributed by atoms with Crippen LogP contribution in [0.25, 0.3) is 0 Å². The summed E-state index contributed by atoms with van der Waals surface area (Å²) in [4.78, 5) is 22.1. The largest absolute Gasteiger partial charge is 0.450 e. The van der Waals surface area contributed by atoms with Gasteiger partial charge in [0.1, 0.15) is 6.04 Å². The van der Waals surface area contributed by atoms with Gasteiger partial charge in [-0.05, 0) is 17.7 Å². The van der Waals surface area contributed by atoms with Crippen molar-refractivity contribution in [3.05, 3.63) is 35.4 Å². The first-order valence-corrected chi connectivity index (χ1v) is 5.09. The Hall–Kier alpha value is -2.35. The lowest BCUT2D eigenvalue weighted by molar-refractivity contribution is -0.164. The van der Waals surface area contributed by atoms with E-state index in [0.717, 1.165) is 5.56 Å². The zero-order valence-corrected chi connectivity index (χ0v) is 9.14. The number of β-lactam (4-membered cyclic amide) rings is 1. The Morgan fingerprint density at radius 3 is 2.53 bits per heavy atom. The number of hydrogen-bond donors (Lipinski definition) is 1. The summed E-state index contributed by atoms with van der Waals surface area (Å²) in [6.45, 7) is 1.27. The molecule has 1 saturated heterocycles. The van der Waals surface area contributed by atoms with Crippen LogP contribution in [0.4, 0.5) is 0 Å². The lowest BCUT2D eigenvalue weighted by Gasteiger charge is -2.35. The van der Waals surface area contributed by atoms with E-state index in [9.17, 15) is 9.59 Å². The standard InChI is InChI=1S/C12H10N2O3/c1-7(15)17-11-10(14-12(11)16)9-4-2-8(6-13)3-5-9/h2-5,10-11H,1H3,(H,14,16)/t10-,11+/m1/s1. The lowest BCUT2D eigenvalue weighted by atomic mass is 9.93. The van der Waals surface area contributed by atoms with Crippen molar-refractivity contribution < 1.29 is 14.3 Å². The van der Waals surface area contributed by atoms with Gasteiger partial charge in [-0.2, -0.15) is 5.26 Å². The number of nitrogens with one attached hydrogen (secondary N) is 1. The number of carbonyl (C=O) groups is 2. The normalized spacial score (nSPS) is 22.0. The number of esters is 1. The van der Waals surface area contributed by atoms with Crippen LogP contribution in [0.2, 0.25) is 0 Å². The van der Waals surface area contributed by atoms with Gasteiger partial charge in [-0.15, -0.1) is 0 Å². The van der Waals surface area contributed by atoms with E-state index in [-0.39, 0.29) is 11.9 Å². The van der Waals surface area contributed by atoms with Crippen molar-refractivity contribution in [3.8, 4) is 6.07 Å². The Morgan fingerprint density at radius 1 is 1.41 bits per heavy atom. The second kappa shape index (κ2) is 4.26. The molecule has 2 rings (SSSR count). The number of nitrogens with zero attached hydrogens (tertiary/aromatic N) is 1. The van der Waals surface area contributed by atoms with E-state index >= 15 is 0 Å². The summed E-state index contributed by atoms with van der Waals surface area (Å²) in [6.07, 6.45) is -0.763. The number of ether oxygens (including phenoxy) is 1. The average molecular weight is 230 g/mol. The van der Waals surface area contributed by atoms with Crippen molar-refractivity contribution in [1.82, 2.24) is 5.32 Å². The molecule has 5 nitrogen and oxygen atoms in total. The third-order valence-corrected chi connectivity index (χ3v) is 2.55. The zero-order valence-electron chi connectivity index (χ0n) is 9.14. The second-order valence-electron chi connectivity index (χ2n) is 3.75. The van der Waals surface area contributed by atoms with E-state index in [1.807, 2.05) is 6.07 Å². The third-order valence-electron chi connectivity index (χ3n) is 2.55. The Balaban J connectivity index is 2.14. The van der Waals surface area contributed by atoms with Crippen LogP contribution in [-0.2, 0) is 14.3 Å². The summed E-state index contributed by atoms with van der Waals surface area (Å²) in [5.74, 6) is -0.780. The molecule has 1 amide bonds. The van der Waals surface area contributed by atoms with Gasteiger partial charge >= 0.3 is 5.97 Å². The Bertz CT molecular complexity index is 501. The van der Waals surface area contributed by atoms with Crippen LogP contribution < -0.4 is 5.32 Å². The molecule has 0 radical (unpaired) electrons. The topological polar surface area (TPSA) is 79.2 Å². The molecule has 2 atom stereocenters. The van der Waals surface area contributed by atoms with Gasteiger partial charge in [0, 0.05) is 6.92 Å². The highest BCUT2D eigenvalue weighted by molar-refractivity contribution is 5.90. The number of carbonyl (C=O) groups excluding carboxylic acids is 2. The van der Waals surface area contributed by atoms with Crippen molar-refractivity contribution in [2.45, 2.75) is 19.1 Å². The molecule has 0 spiro atoms. The van der Waals surface area contributed by atoms with E-state index in [0.29, 0.717) is 5.56 Å². The maximum absolute atomic E-state index is 11.2. The predicted octanol–water partition coefficient (Wildman–Crippen LogP) is 0.661. The van der Waals surface area contributed by atoms with E-state index in [1.165, 1.54) is 6.92 Å². The van der Waals surface area contributed by atoms with Crippen molar-refractivity contribution in [3.63, 3.8) is 0 Å². The predicted molar refractivity (Wildman–Crippen MR) is 57.6 cm³/mol. The Kier molecular flexibility index (Phi) is 2.79. The van der Waals surface area contributed by atoms with Gasteiger partial charge in [0.15, 0.2) is 0 Å². The summed E-state index contributed by atoms with van der Waals surface area (Å²) in [6, 6.07) is 8.47. The molecule has 0 bridgehead atoms. The summed E-state index contributed by atoms with van der Waals surface area (Å²) in [5, 5.41) is 11.3. The van der Waals surface area contributed by atoms with Crippen molar-refractivity contribution in [1.29, 1.82) is 5.26 Å². The fourth-order valence-electron chi connectivity index (χ4n) is 1.69. The van der Waals surface area contributed by atoms with Crippen LogP contribution in [0, 0.1) is 11.3 Å². The molecule has 86 valence electrons. The van der Waals surface area contributed by atoms with Gasteiger partial charge in [-0.1, -0.05) is 12.1 Å². The zero-order chi connectivity index (χ0) is 12.4. The summed E-state index contributed by atoms with van der Waals surface area (Å²) in [7, 11) is 0. The molecule has 0 aliphatic carbocycles. The third kappa shape index (κ3) is 2.11. The first-order chi connectivity index (χ1) is 8.11. The highest BCUT2D eigenvalue weighted by Gasteiger charge is 2.42. The Labute approximate surface area is 98.0 Å². The summed E-state index contributed by atoms with van der Waals surface area (Å²) < 4.78 is 4.91. The molecular formula is C12H10N2O3. The molecule has 1 N–H and O–H groups in total. The molecule has 0 aromatic heterocycles. The quantitative estimate of drug-likeness (QED) is 0.598. The minimum Gasteiger partial charge on any atom is -0.450 e. The van der Waals surface area contributed by atoms with E-state index < -0.39 is 12.1 Å². The maximum Gasteiger partial charge on any atom is 0.303 e. The van der Waals surface area contributed by atoms with Crippen LogP contribution in [0.15, 0.2) is 24.3 Å². The second-order valence-corrected chi connectivity index (χ2v) is 3.75. The van der Waals surface area contributed by atoms with Crippen LogP contribution in [0.1, 0.15) is 24.1 Å². The lowest BCUT2D eigenvalue weighted by Crippen LogP contribution is -2.57. The number of nitriles is 1. The van der Waals surface area contributed by atoms with E-state index in [2.05, 4.69) is 5.32 Å². The molecule has 17 heavy (non-hydrogen) atoms. The van der Waals surface area contributed by atoms with E-state index in [4.69, 9.17) is 10.00 Å². The molecule has 1 heterocycles. The van der Waals surface area contributed by atoms with Gasteiger partial charge in [0.2, 0.25) is 6.10 Å². The van der Waals surface area contributed by atoms with E-state index in [1.54, 1.807) is 24.3 Å². The van der Waals surface area contributed by atoms with Crippen LogP contribution >= 0.6 is 0 Å². The maximum atomic E-state index is 11.2. The number of hydrogen-bond acceptors (Lipinski definition) is 4. The fourth-order valence-corrected chi connectivity index (χ4v) is 1.69. The monoisotopic (exact) mass is 230 g/mol. The van der Waals surface area contributed by atoms with Gasteiger partial charge in [0.05, 0.1) is 11.6 Å². The first kappa shape index (κ1) is 11.1. The molecule has 0 saturated carbocycles. The summed E-state index contributed by atoms with van der Waals surface area (Å²) >= 11 is 0. The molecular weight excluding hydrogens is 220 g/mol.